The fraction of sp³-hybridized carbons (Fsp3) is 0.714. The summed E-state index contributed by atoms with van der Waals surface area (Å²) in [6.07, 6.45) is 8.19. The minimum absolute atomic E-state index is 0.0724. The van der Waals surface area contributed by atoms with Crippen LogP contribution in [0, 0.1) is 5.41 Å². The molecule has 0 radical (unpaired) electrons. The van der Waals surface area contributed by atoms with Gasteiger partial charge in [0.25, 0.3) is 0 Å². The second-order valence-corrected chi connectivity index (χ2v) is 5.97. The number of hydrogen-bond donors (Lipinski definition) is 0. The molecule has 1 aliphatic carbocycles. The number of Topliss-reactive ketones (excluding diaryl/α,β-unsaturated/α-hetero) is 1. The number of carbonyl (C=O) groups excluding carboxylic acids is 1. The van der Waals surface area contributed by atoms with Crippen molar-refractivity contribution in [1.29, 1.82) is 0 Å². The largest absolute Gasteiger partial charge is 0.291 e. The second kappa shape index (κ2) is 6.34. The molecule has 96 valence electrons. The van der Waals surface area contributed by atoms with Crippen LogP contribution in [0.1, 0.15) is 52.9 Å². The van der Waals surface area contributed by atoms with Crippen LogP contribution in [0.5, 0.6) is 0 Å². The third-order valence-corrected chi connectivity index (χ3v) is 3.23. The fourth-order valence-electron chi connectivity index (χ4n) is 1.81. The van der Waals surface area contributed by atoms with E-state index in [-0.39, 0.29) is 11.0 Å². The van der Waals surface area contributed by atoms with Gasteiger partial charge < -0.3 is 0 Å². The van der Waals surface area contributed by atoms with Crippen molar-refractivity contribution in [3.8, 4) is 0 Å². The lowest BCUT2D eigenvalue weighted by Gasteiger charge is -2.15. The number of rotatable bonds is 4. The molecule has 0 bridgehead atoms. The van der Waals surface area contributed by atoms with Crippen molar-refractivity contribution in [2.45, 2.75) is 52.9 Å². The molecule has 0 atom stereocenters. The van der Waals surface area contributed by atoms with E-state index in [4.69, 9.17) is 11.6 Å². The molecular formula is C14H22ClNO. The third kappa shape index (κ3) is 5.03. The van der Waals surface area contributed by atoms with Crippen LogP contribution in [0.15, 0.2) is 16.6 Å². The van der Waals surface area contributed by atoms with E-state index >= 15 is 0 Å². The molecule has 17 heavy (non-hydrogen) atoms. The Morgan fingerprint density at radius 3 is 2.65 bits per heavy atom. The quantitative estimate of drug-likeness (QED) is 0.549. The summed E-state index contributed by atoms with van der Waals surface area (Å²) in [5.74, 6) is -0.0724. The van der Waals surface area contributed by atoms with Crippen LogP contribution in [-0.2, 0) is 4.79 Å². The van der Waals surface area contributed by atoms with E-state index in [9.17, 15) is 4.79 Å². The van der Waals surface area contributed by atoms with Crippen molar-refractivity contribution in [1.82, 2.24) is 0 Å². The van der Waals surface area contributed by atoms with Crippen molar-refractivity contribution < 1.29 is 4.79 Å². The van der Waals surface area contributed by atoms with Gasteiger partial charge in [-0.1, -0.05) is 44.0 Å². The van der Waals surface area contributed by atoms with Crippen LogP contribution in [0.2, 0.25) is 0 Å². The van der Waals surface area contributed by atoms with Gasteiger partial charge in [-0.25, -0.2) is 0 Å². The molecule has 1 rings (SSSR count). The topological polar surface area (TPSA) is 29.4 Å². The molecule has 0 aliphatic heterocycles. The SMILES string of the molecule is CC(C)(C)C(=O)C(Cl)=NCCC1=CCCCC1. The van der Waals surface area contributed by atoms with Crippen LogP contribution in [0.4, 0.5) is 0 Å². The maximum absolute atomic E-state index is 11.8. The lowest BCUT2D eigenvalue weighted by molar-refractivity contribution is -0.119. The predicted octanol–water partition coefficient (Wildman–Crippen LogP) is 4.13. The van der Waals surface area contributed by atoms with Gasteiger partial charge in [0.2, 0.25) is 0 Å². The molecule has 0 spiro atoms. The van der Waals surface area contributed by atoms with E-state index in [1.807, 2.05) is 20.8 Å². The van der Waals surface area contributed by atoms with Crippen molar-refractivity contribution in [2.75, 3.05) is 6.54 Å². The van der Waals surface area contributed by atoms with Gasteiger partial charge in [0.05, 0.1) is 0 Å². The summed E-state index contributed by atoms with van der Waals surface area (Å²) >= 11 is 5.91. The molecule has 0 saturated carbocycles. The Bertz CT molecular complexity index is 337. The van der Waals surface area contributed by atoms with Gasteiger partial charge in [0, 0.05) is 12.0 Å². The molecular weight excluding hydrogens is 234 g/mol. The first-order valence-corrected chi connectivity index (χ1v) is 6.71. The first-order valence-electron chi connectivity index (χ1n) is 6.34. The summed E-state index contributed by atoms with van der Waals surface area (Å²) in [5.41, 5.74) is 1.03. The van der Waals surface area contributed by atoms with E-state index in [2.05, 4.69) is 11.1 Å². The standard InChI is InChI=1S/C14H22ClNO/c1-14(2,3)12(17)13(15)16-10-9-11-7-5-4-6-8-11/h7H,4-6,8-10H2,1-3H3. The van der Waals surface area contributed by atoms with E-state index < -0.39 is 5.41 Å². The van der Waals surface area contributed by atoms with Crippen LogP contribution in [0.3, 0.4) is 0 Å². The van der Waals surface area contributed by atoms with Gasteiger partial charge in [-0.05, 0) is 32.1 Å². The minimum Gasteiger partial charge on any atom is -0.291 e. The van der Waals surface area contributed by atoms with Crippen molar-refractivity contribution >= 4 is 22.6 Å². The maximum atomic E-state index is 11.8. The Morgan fingerprint density at radius 2 is 2.12 bits per heavy atom. The Kier molecular flexibility index (Phi) is 5.38. The number of nitrogens with zero attached hydrogens (tertiary/aromatic N) is 1. The predicted molar refractivity (Wildman–Crippen MR) is 73.8 cm³/mol. The Morgan fingerprint density at radius 1 is 1.41 bits per heavy atom. The van der Waals surface area contributed by atoms with Crippen LogP contribution < -0.4 is 0 Å². The van der Waals surface area contributed by atoms with Gasteiger partial charge in [-0.2, -0.15) is 0 Å². The summed E-state index contributed by atoms with van der Waals surface area (Å²) in [4.78, 5) is 15.9. The van der Waals surface area contributed by atoms with E-state index in [0.29, 0.717) is 6.54 Å². The zero-order valence-corrected chi connectivity index (χ0v) is 11.8. The lowest BCUT2D eigenvalue weighted by Crippen LogP contribution is -2.25. The summed E-state index contributed by atoms with van der Waals surface area (Å²) in [5, 5.41) is 0.147. The lowest BCUT2D eigenvalue weighted by atomic mass is 9.91. The van der Waals surface area contributed by atoms with E-state index in [1.165, 1.54) is 31.3 Å². The van der Waals surface area contributed by atoms with Crippen LogP contribution in [0.25, 0.3) is 0 Å². The molecule has 1 aliphatic rings. The summed E-state index contributed by atoms with van der Waals surface area (Å²) in [6.45, 7) is 6.21. The molecule has 3 heteroatoms. The van der Waals surface area contributed by atoms with E-state index in [1.54, 1.807) is 0 Å². The van der Waals surface area contributed by atoms with Crippen molar-refractivity contribution in [2.24, 2.45) is 10.4 Å². The minimum atomic E-state index is -0.440. The van der Waals surface area contributed by atoms with Gasteiger partial charge in [0.1, 0.15) is 0 Å². The number of allylic oxidation sites excluding steroid dienone is 1. The first-order chi connectivity index (χ1) is 7.91. The van der Waals surface area contributed by atoms with Gasteiger partial charge >= 0.3 is 0 Å². The van der Waals surface area contributed by atoms with Gasteiger partial charge in [-0.15, -0.1) is 0 Å². The first kappa shape index (κ1) is 14.4. The zero-order valence-electron chi connectivity index (χ0n) is 11.1. The van der Waals surface area contributed by atoms with Gasteiger partial charge in [-0.3, -0.25) is 9.79 Å². The molecule has 0 N–H and O–H groups in total. The summed E-state index contributed by atoms with van der Waals surface area (Å²) in [6, 6.07) is 0. The summed E-state index contributed by atoms with van der Waals surface area (Å²) < 4.78 is 0. The normalized spacial score (nSPS) is 17.9. The van der Waals surface area contributed by atoms with Crippen molar-refractivity contribution in [3.05, 3.63) is 11.6 Å². The van der Waals surface area contributed by atoms with Gasteiger partial charge in [0.15, 0.2) is 11.0 Å². The molecule has 0 amide bonds. The average Bonchev–Trinajstić information content (AvgIpc) is 2.28. The number of ketones is 1. The summed E-state index contributed by atoms with van der Waals surface area (Å²) in [7, 11) is 0. The highest BCUT2D eigenvalue weighted by Gasteiger charge is 2.24. The Hall–Kier alpha value is -0.630. The molecule has 0 heterocycles. The number of hydrogen-bond acceptors (Lipinski definition) is 2. The monoisotopic (exact) mass is 255 g/mol. The van der Waals surface area contributed by atoms with Crippen LogP contribution >= 0.6 is 11.6 Å². The molecule has 0 fully saturated rings. The maximum Gasteiger partial charge on any atom is 0.197 e. The Labute approximate surface area is 109 Å². The molecule has 0 aromatic rings. The number of halogens is 1. The molecule has 2 nitrogen and oxygen atoms in total. The average molecular weight is 256 g/mol. The second-order valence-electron chi connectivity index (χ2n) is 5.61. The highest BCUT2D eigenvalue weighted by Crippen LogP contribution is 2.20. The molecule has 0 saturated heterocycles. The highest BCUT2D eigenvalue weighted by atomic mass is 35.5. The highest BCUT2D eigenvalue weighted by molar-refractivity contribution is 6.83. The van der Waals surface area contributed by atoms with Crippen molar-refractivity contribution in [3.63, 3.8) is 0 Å². The fourth-order valence-corrected chi connectivity index (χ4v) is 2.18. The smallest absolute Gasteiger partial charge is 0.197 e. The zero-order chi connectivity index (χ0) is 12.9. The van der Waals surface area contributed by atoms with E-state index in [0.717, 1.165) is 6.42 Å². The Balaban J connectivity index is 2.43. The molecule has 0 aromatic carbocycles. The molecule has 0 unspecified atom stereocenters. The van der Waals surface area contributed by atoms with Crippen LogP contribution in [-0.4, -0.2) is 17.5 Å². The number of carbonyl (C=O) groups is 1. The molecule has 0 aromatic heterocycles. The third-order valence-electron chi connectivity index (χ3n) is 2.94. The number of aliphatic imine (C=N–C) groups is 1.